The van der Waals surface area contributed by atoms with Crippen molar-refractivity contribution in [1.29, 1.82) is 0 Å². The monoisotopic (exact) mass is 210 g/mol. The van der Waals surface area contributed by atoms with Crippen LogP contribution in [-0.2, 0) is 14.3 Å². The molecule has 1 saturated heterocycles. The molecular weight excluding hydrogens is 200 g/mol. The quantitative estimate of drug-likeness (QED) is 0.660. The van der Waals surface area contributed by atoms with Crippen LogP contribution in [0.4, 0.5) is 0 Å². The molecule has 1 aromatic rings. The highest BCUT2D eigenvalue weighted by Gasteiger charge is 2.68. The summed E-state index contributed by atoms with van der Waals surface area (Å²) >= 11 is 6.49. The van der Waals surface area contributed by atoms with Gasteiger partial charge in [-0.3, -0.25) is 0 Å². The van der Waals surface area contributed by atoms with Gasteiger partial charge in [0.15, 0.2) is 0 Å². The maximum atomic E-state index is 6.49. The topological polar surface area (TPSA) is 18.5 Å². The van der Waals surface area contributed by atoms with Gasteiger partial charge in [0.2, 0.25) is 0 Å². The molecule has 74 valence electrons. The van der Waals surface area contributed by atoms with Gasteiger partial charge in [-0.15, -0.1) is 11.6 Å². The molecule has 2 aliphatic rings. The third kappa shape index (κ3) is 1.05. The molecule has 3 heteroatoms. The standard InChI is InChI=1S/C11H11ClO2/c12-11(8-4-2-1-3-5-8)9-10(11)14-7-6-13-9/h1-5,9-10H,6-7H2. The molecule has 2 atom stereocenters. The largest absolute Gasteiger partial charge is 0.371 e. The Labute approximate surface area is 87.8 Å². The van der Waals surface area contributed by atoms with Crippen LogP contribution in [-0.4, -0.2) is 25.4 Å². The molecule has 1 aliphatic carbocycles. The maximum absolute atomic E-state index is 6.49. The molecule has 2 fully saturated rings. The van der Waals surface area contributed by atoms with E-state index in [1.165, 1.54) is 0 Å². The lowest BCUT2D eigenvalue weighted by atomic mass is 10.1. The Kier molecular flexibility index (Phi) is 1.84. The fourth-order valence-electron chi connectivity index (χ4n) is 2.09. The van der Waals surface area contributed by atoms with Gasteiger partial charge >= 0.3 is 0 Å². The van der Waals surface area contributed by atoms with Crippen LogP contribution in [0.5, 0.6) is 0 Å². The van der Waals surface area contributed by atoms with Crippen molar-refractivity contribution in [2.75, 3.05) is 13.2 Å². The van der Waals surface area contributed by atoms with Crippen molar-refractivity contribution in [3.8, 4) is 0 Å². The van der Waals surface area contributed by atoms with Gasteiger partial charge < -0.3 is 9.47 Å². The zero-order chi connectivity index (χ0) is 9.60. The number of ether oxygens (including phenoxy) is 2. The Morgan fingerprint density at radius 2 is 1.64 bits per heavy atom. The number of benzene rings is 1. The van der Waals surface area contributed by atoms with E-state index in [-0.39, 0.29) is 12.2 Å². The number of fused-ring (bicyclic) bond motifs is 1. The van der Waals surface area contributed by atoms with Gasteiger partial charge in [0.05, 0.1) is 13.2 Å². The van der Waals surface area contributed by atoms with E-state index < -0.39 is 4.87 Å². The van der Waals surface area contributed by atoms with Crippen LogP contribution in [0.3, 0.4) is 0 Å². The van der Waals surface area contributed by atoms with Crippen molar-refractivity contribution in [2.45, 2.75) is 17.1 Å². The van der Waals surface area contributed by atoms with E-state index in [1.54, 1.807) is 0 Å². The van der Waals surface area contributed by atoms with E-state index >= 15 is 0 Å². The lowest BCUT2D eigenvalue weighted by Crippen LogP contribution is -2.16. The van der Waals surface area contributed by atoms with Crippen molar-refractivity contribution in [2.24, 2.45) is 0 Å². The molecule has 1 aliphatic heterocycles. The summed E-state index contributed by atoms with van der Waals surface area (Å²) in [6.45, 7) is 1.31. The summed E-state index contributed by atoms with van der Waals surface area (Å²) in [5.41, 5.74) is 1.10. The fourth-order valence-corrected chi connectivity index (χ4v) is 2.51. The maximum Gasteiger partial charge on any atom is 0.127 e. The highest BCUT2D eigenvalue weighted by atomic mass is 35.5. The predicted octanol–water partition coefficient (Wildman–Crippen LogP) is 1.92. The van der Waals surface area contributed by atoms with Crippen molar-refractivity contribution < 1.29 is 9.47 Å². The number of halogens is 1. The number of hydrogen-bond acceptors (Lipinski definition) is 2. The second-order valence-electron chi connectivity index (χ2n) is 3.72. The van der Waals surface area contributed by atoms with Crippen LogP contribution in [0.1, 0.15) is 5.56 Å². The molecule has 2 unspecified atom stereocenters. The first-order valence-electron chi connectivity index (χ1n) is 4.81. The van der Waals surface area contributed by atoms with Crippen LogP contribution in [0, 0.1) is 0 Å². The molecular formula is C11H11ClO2. The van der Waals surface area contributed by atoms with E-state index in [2.05, 4.69) is 0 Å². The van der Waals surface area contributed by atoms with E-state index in [4.69, 9.17) is 21.1 Å². The van der Waals surface area contributed by atoms with E-state index in [0.29, 0.717) is 13.2 Å². The van der Waals surface area contributed by atoms with Crippen molar-refractivity contribution in [3.63, 3.8) is 0 Å². The molecule has 1 aromatic carbocycles. The number of rotatable bonds is 1. The highest BCUT2D eigenvalue weighted by molar-refractivity contribution is 6.27. The zero-order valence-corrected chi connectivity index (χ0v) is 8.41. The third-order valence-corrected chi connectivity index (χ3v) is 3.54. The van der Waals surface area contributed by atoms with Crippen molar-refractivity contribution in [3.05, 3.63) is 35.9 Å². The SMILES string of the molecule is ClC1(c2ccccc2)C2OCCOC21. The summed E-state index contributed by atoms with van der Waals surface area (Å²) in [6.07, 6.45) is 0.0839. The summed E-state index contributed by atoms with van der Waals surface area (Å²) in [4.78, 5) is -0.433. The normalized spacial score (nSPS) is 40.4. The van der Waals surface area contributed by atoms with Crippen LogP contribution in [0.25, 0.3) is 0 Å². The lowest BCUT2D eigenvalue weighted by Gasteiger charge is -2.08. The van der Waals surface area contributed by atoms with Gasteiger partial charge in [0.1, 0.15) is 17.1 Å². The molecule has 14 heavy (non-hydrogen) atoms. The van der Waals surface area contributed by atoms with E-state index in [0.717, 1.165) is 5.56 Å². The molecule has 2 nitrogen and oxygen atoms in total. The first kappa shape index (κ1) is 8.72. The van der Waals surface area contributed by atoms with Gasteiger partial charge in [-0.05, 0) is 5.56 Å². The smallest absolute Gasteiger partial charge is 0.127 e. The fraction of sp³-hybridized carbons (Fsp3) is 0.455. The number of hydrogen-bond donors (Lipinski definition) is 0. The summed E-state index contributed by atoms with van der Waals surface area (Å²) in [7, 11) is 0. The Balaban J connectivity index is 1.92. The molecule has 0 N–H and O–H groups in total. The van der Waals surface area contributed by atoms with Gasteiger partial charge in [0.25, 0.3) is 0 Å². The van der Waals surface area contributed by atoms with Gasteiger partial charge in [0, 0.05) is 0 Å². The molecule has 3 rings (SSSR count). The van der Waals surface area contributed by atoms with Gasteiger partial charge in [-0.25, -0.2) is 0 Å². The van der Waals surface area contributed by atoms with Crippen LogP contribution in [0.15, 0.2) is 30.3 Å². The predicted molar refractivity (Wildman–Crippen MR) is 53.5 cm³/mol. The minimum atomic E-state index is -0.433. The summed E-state index contributed by atoms with van der Waals surface area (Å²) in [5, 5.41) is 0. The second kappa shape index (κ2) is 2.96. The van der Waals surface area contributed by atoms with Crippen LogP contribution in [0.2, 0.25) is 0 Å². The molecule has 0 bridgehead atoms. The summed E-state index contributed by atoms with van der Waals surface area (Å²) < 4.78 is 11.1. The first-order chi connectivity index (χ1) is 6.83. The van der Waals surface area contributed by atoms with Crippen LogP contribution >= 0.6 is 11.6 Å². The molecule has 0 radical (unpaired) electrons. The molecule has 1 heterocycles. The average molecular weight is 211 g/mol. The summed E-state index contributed by atoms with van der Waals surface area (Å²) in [6, 6.07) is 10.0. The Hall–Kier alpha value is -0.570. The van der Waals surface area contributed by atoms with Crippen molar-refractivity contribution in [1.82, 2.24) is 0 Å². The highest BCUT2D eigenvalue weighted by Crippen LogP contribution is 2.57. The average Bonchev–Trinajstić information content (AvgIpc) is 2.89. The molecule has 0 amide bonds. The minimum absolute atomic E-state index is 0.0420. The Morgan fingerprint density at radius 1 is 1.07 bits per heavy atom. The lowest BCUT2D eigenvalue weighted by molar-refractivity contribution is -0.0376. The Bertz CT molecular complexity index is 326. The van der Waals surface area contributed by atoms with E-state index in [1.807, 2.05) is 30.3 Å². The van der Waals surface area contributed by atoms with Crippen molar-refractivity contribution >= 4 is 11.6 Å². The molecule has 0 aromatic heterocycles. The second-order valence-corrected chi connectivity index (χ2v) is 4.34. The number of alkyl halides is 1. The van der Waals surface area contributed by atoms with Crippen LogP contribution < -0.4 is 0 Å². The molecule has 1 saturated carbocycles. The first-order valence-corrected chi connectivity index (χ1v) is 5.19. The molecule has 0 spiro atoms. The van der Waals surface area contributed by atoms with E-state index in [9.17, 15) is 0 Å². The van der Waals surface area contributed by atoms with Gasteiger partial charge in [-0.2, -0.15) is 0 Å². The van der Waals surface area contributed by atoms with Gasteiger partial charge in [-0.1, -0.05) is 30.3 Å². The third-order valence-electron chi connectivity index (χ3n) is 2.89. The zero-order valence-electron chi connectivity index (χ0n) is 7.65. The Morgan fingerprint density at radius 3 is 2.21 bits per heavy atom. The minimum Gasteiger partial charge on any atom is -0.371 e. The summed E-state index contributed by atoms with van der Waals surface area (Å²) in [5.74, 6) is 0.